The van der Waals surface area contributed by atoms with Crippen LogP contribution in [-0.2, 0) is 6.42 Å². The van der Waals surface area contributed by atoms with E-state index in [1.54, 1.807) is 11.3 Å². The summed E-state index contributed by atoms with van der Waals surface area (Å²) in [5.74, 6) is 2.37. The molecule has 1 atom stereocenters. The summed E-state index contributed by atoms with van der Waals surface area (Å²) in [7, 11) is 0. The van der Waals surface area contributed by atoms with Crippen LogP contribution in [0.25, 0.3) is 0 Å². The van der Waals surface area contributed by atoms with E-state index in [0.29, 0.717) is 5.92 Å². The van der Waals surface area contributed by atoms with Crippen molar-refractivity contribution in [2.45, 2.75) is 24.6 Å². The summed E-state index contributed by atoms with van der Waals surface area (Å²) in [6.45, 7) is 4.29. The summed E-state index contributed by atoms with van der Waals surface area (Å²) in [6, 6.07) is 0. The largest absolute Gasteiger partial charge is 0.235 e. The number of thioether (sulfide) groups is 1. The van der Waals surface area contributed by atoms with Crippen LogP contribution in [0.1, 0.15) is 19.5 Å². The van der Waals surface area contributed by atoms with Gasteiger partial charge in [-0.2, -0.15) is 0 Å². The molecule has 0 amide bonds. The predicted octanol–water partition coefficient (Wildman–Crippen LogP) is 3.67. The molecule has 13 heavy (non-hydrogen) atoms. The average Bonchev–Trinajstić information content (AvgIpc) is 2.61. The highest BCUT2D eigenvalue weighted by atomic mass is 35.5. The number of rotatable bonds is 5. The van der Waals surface area contributed by atoms with Crippen molar-refractivity contribution >= 4 is 34.7 Å². The summed E-state index contributed by atoms with van der Waals surface area (Å²) < 4.78 is 1.17. The molecule has 0 saturated heterocycles. The Morgan fingerprint density at radius 2 is 2.46 bits per heavy atom. The molecule has 4 heteroatoms. The zero-order valence-corrected chi connectivity index (χ0v) is 10.3. The molecule has 1 unspecified atom stereocenters. The second kappa shape index (κ2) is 5.89. The van der Waals surface area contributed by atoms with Crippen molar-refractivity contribution < 1.29 is 0 Å². The molecule has 0 fully saturated rings. The first-order valence-electron chi connectivity index (χ1n) is 4.39. The minimum Gasteiger partial charge on any atom is -0.235 e. The third kappa shape index (κ3) is 3.88. The second-order valence-electron chi connectivity index (χ2n) is 3.03. The molecule has 1 aromatic heterocycles. The quantitative estimate of drug-likeness (QED) is 0.571. The lowest BCUT2D eigenvalue weighted by molar-refractivity contribution is 0.758. The first kappa shape index (κ1) is 11.3. The van der Waals surface area contributed by atoms with E-state index in [-0.39, 0.29) is 0 Å². The highest BCUT2D eigenvalue weighted by Gasteiger charge is 2.04. The number of thiazole rings is 1. The van der Waals surface area contributed by atoms with Crippen molar-refractivity contribution in [3.05, 3.63) is 11.1 Å². The minimum atomic E-state index is 0.570. The lowest BCUT2D eigenvalue weighted by Crippen LogP contribution is -1.98. The van der Waals surface area contributed by atoms with E-state index in [2.05, 4.69) is 24.2 Å². The third-order valence-electron chi connectivity index (χ3n) is 1.65. The van der Waals surface area contributed by atoms with Gasteiger partial charge in [-0.05, 0) is 12.3 Å². The van der Waals surface area contributed by atoms with E-state index < -0.39 is 0 Å². The molecule has 1 heterocycles. The van der Waals surface area contributed by atoms with Gasteiger partial charge >= 0.3 is 0 Å². The van der Waals surface area contributed by atoms with Gasteiger partial charge in [0.05, 0.1) is 5.69 Å². The fraction of sp³-hybridized carbons (Fsp3) is 0.667. The first-order chi connectivity index (χ1) is 6.26. The van der Waals surface area contributed by atoms with Crippen molar-refractivity contribution in [1.82, 2.24) is 4.98 Å². The number of halogens is 1. The van der Waals surface area contributed by atoms with Crippen LogP contribution >= 0.6 is 34.7 Å². The maximum atomic E-state index is 5.72. The van der Waals surface area contributed by atoms with Gasteiger partial charge in [-0.1, -0.05) is 25.6 Å². The molecule has 0 aliphatic heterocycles. The highest BCUT2D eigenvalue weighted by Crippen LogP contribution is 2.24. The second-order valence-corrected chi connectivity index (χ2v) is 5.46. The summed E-state index contributed by atoms with van der Waals surface area (Å²) in [5.41, 5.74) is 1.20. The van der Waals surface area contributed by atoms with Crippen molar-refractivity contribution in [3.63, 3.8) is 0 Å². The number of aromatic nitrogens is 1. The molecule has 0 aliphatic carbocycles. The summed E-state index contributed by atoms with van der Waals surface area (Å²) in [5, 5.41) is 2.13. The number of nitrogens with zero attached hydrogens (tertiary/aromatic N) is 1. The number of hydrogen-bond donors (Lipinski definition) is 0. The van der Waals surface area contributed by atoms with E-state index in [4.69, 9.17) is 11.6 Å². The normalized spacial score (nSPS) is 13.2. The van der Waals surface area contributed by atoms with Gasteiger partial charge in [0.25, 0.3) is 0 Å². The van der Waals surface area contributed by atoms with Crippen LogP contribution in [0.4, 0.5) is 0 Å². The van der Waals surface area contributed by atoms with E-state index >= 15 is 0 Å². The summed E-state index contributed by atoms with van der Waals surface area (Å²) in [6.07, 6.45) is 1.03. The van der Waals surface area contributed by atoms with Crippen LogP contribution in [0.15, 0.2) is 9.72 Å². The van der Waals surface area contributed by atoms with E-state index in [1.165, 1.54) is 10.0 Å². The molecule has 0 bridgehead atoms. The molecule has 1 aromatic rings. The monoisotopic (exact) mass is 235 g/mol. The molecular weight excluding hydrogens is 222 g/mol. The van der Waals surface area contributed by atoms with Gasteiger partial charge in [-0.25, -0.2) is 4.98 Å². The highest BCUT2D eigenvalue weighted by molar-refractivity contribution is 8.01. The maximum absolute atomic E-state index is 5.72. The zero-order chi connectivity index (χ0) is 9.68. The Balaban J connectivity index is 2.36. The topological polar surface area (TPSA) is 12.9 Å². The number of aryl methyl sites for hydroxylation is 1. The minimum absolute atomic E-state index is 0.570. The SMILES string of the molecule is CCc1csc(SCC(C)CCl)n1. The molecule has 1 rings (SSSR count). The van der Waals surface area contributed by atoms with E-state index in [1.807, 2.05) is 11.8 Å². The zero-order valence-electron chi connectivity index (χ0n) is 7.92. The molecule has 0 radical (unpaired) electrons. The van der Waals surface area contributed by atoms with Crippen molar-refractivity contribution in [3.8, 4) is 0 Å². The summed E-state index contributed by atoms with van der Waals surface area (Å²) in [4.78, 5) is 4.47. The molecule has 0 saturated carbocycles. The molecule has 0 aliphatic rings. The third-order valence-corrected chi connectivity index (χ3v) is 4.57. The number of alkyl halides is 1. The fourth-order valence-electron chi connectivity index (χ4n) is 0.775. The Morgan fingerprint density at radius 3 is 3.00 bits per heavy atom. The lowest BCUT2D eigenvalue weighted by Gasteiger charge is -2.03. The van der Waals surface area contributed by atoms with Crippen LogP contribution in [0, 0.1) is 5.92 Å². The van der Waals surface area contributed by atoms with Gasteiger partial charge < -0.3 is 0 Å². The Labute approximate surface area is 92.9 Å². The molecule has 0 spiro atoms. The van der Waals surface area contributed by atoms with Gasteiger partial charge in [-0.3, -0.25) is 0 Å². The van der Waals surface area contributed by atoms with Gasteiger partial charge in [0.2, 0.25) is 0 Å². The van der Waals surface area contributed by atoms with Crippen molar-refractivity contribution in [1.29, 1.82) is 0 Å². The van der Waals surface area contributed by atoms with Crippen LogP contribution in [0.2, 0.25) is 0 Å². The van der Waals surface area contributed by atoms with E-state index in [0.717, 1.165) is 18.1 Å². The number of hydrogen-bond acceptors (Lipinski definition) is 3. The average molecular weight is 236 g/mol. The molecule has 1 nitrogen and oxygen atoms in total. The Hall–Kier alpha value is 0.270. The Morgan fingerprint density at radius 1 is 1.69 bits per heavy atom. The Kier molecular flexibility index (Phi) is 5.14. The van der Waals surface area contributed by atoms with Crippen LogP contribution in [0.3, 0.4) is 0 Å². The van der Waals surface area contributed by atoms with Gasteiger partial charge in [0, 0.05) is 17.0 Å². The molecular formula is C9H14ClNS2. The van der Waals surface area contributed by atoms with Crippen molar-refractivity contribution in [2.24, 2.45) is 5.92 Å². The predicted molar refractivity (Wildman–Crippen MR) is 62.1 cm³/mol. The van der Waals surface area contributed by atoms with Crippen molar-refractivity contribution in [2.75, 3.05) is 11.6 Å². The maximum Gasteiger partial charge on any atom is 0.150 e. The fourth-order valence-corrected chi connectivity index (χ4v) is 2.99. The smallest absolute Gasteiger partial charge is 0.150 e. The first-order valence-corrected chi connectivity index (χ1v) is 6.79. The lowest BCUT2D eigenvalue weighted by atomic mass is 10.3. The molecule has 0 N–H and O–H groups in total. The Bertz CT molecular complexity index is 250. The van der Waals surface area contributed by atoms with Gasteiger partial charge in [0.1, 0.15) is 4.34 Å². The van der Waals surface area contributed by atoms with Crippen LogP contribution in [0.5, 0.6) is 0 Å². The van der Waals surface area contributed by atoms with Gasteiger partial charge in [-0.15, -0.1) is 22.9 Å². The summed E-state index contributed by atoms with van der Waals surface area (Å²) >= 11 is 9.27. The molecule has 74 valence electrons. The standard InChI is InChI=1S/C9H14ClNS2/c1-3-8-6-13-9(11-8)12-5-7(2)4-10/h6-7H,3-5H2,1-2H3. The van der Waals surface area contributed by atoms with Gasteiger partial charge in [0.15, 0.2) is 0 Å². The molecule has 0 aromatic carbocycles. The van der Waals surface area contributed by atoms with Crippen LogP contribution in [-0.4, -0.2) is 16.6 Å². The van der Waals surface area contributed by atoms with E-state index in [9.17, 15) is 0 Å². The van der Waals surface area contributed by atoms with Crippen LogP contribution < -0.4 is 0 Å².